The van der Waals surface area contributed by atoms with Crippen molar-refractivity contribution in [3.05, 3.63) is 98.5 Å². The van der Waals surface area contributed by atoms with Gasteiger partial charge in [-0.25, -0.2) is 0 Å². The van der Waals surface area contributed by atoms with E-state index in [1.165, 1.54) is 4.90 Å². The van der Waals surface area contributed by atoms with E-state index in [0.717, 1.165) is 11.1 Å². The minimum atomic E-state index is -1.94. The van der Waals surface area contributed by atoms with Crippen molar-refractivity contribution in [2.75, 3.05) is 4.90 Å². The van der Waals surface area contributed by atoms with Crippen LogP contribution >= 0.6 is 23.2 Å². The van der Waals surface area contributed by atoms with Gasteiger partial charge in [0.05, 0.1) is 18.7 Å². The molecule has 1 unspecified atom stereocenters. The van der Waals surface area contributed by atoms with E-state index in [0.29, 0.717) is 32.4 Å². The summed E-state index contributed by atoms with van der Waals surface area (Å²) in [5, 5.41) is 12.4. The van der Waals surface area contributed by atoms with Gasteiger partial charge in [-0.15, -0.1) is 0 Å². The van der Waals surface area contributed by atoms with Crippen LogP contribution in [0.3, 0.4) is 0 Å². The smallest absolute Gasteiger partial charge is 0.264 e. The SMILES string of the molecule is Cc1ccc(C)c(C(=O)CC2(O)C(=O)N(Cc3ccc(Cl)cc3Cl)c3ccccc32)c1. The summed E-state index contributed by atoms with van der Waals surface area (Å²) in [5.74, 6) is -0.823. The highest BCUT2D eigenvalue weighted by Gasteiger charge is 2.50. The molecule has 3 aromatic rings. The number of anilines is 1. The van der Waals surface area contributed by atoms with E-state index in [1.807, 2.05) is 26.0 Å². The molecule has 4 rings (SSSR count). The molecule has 158 valence electrons. The van der Waals surface area contributed by atoms with Crippen molar-refractivity contribution in [3.8, 4) is 0 Å². The predicted octanol–water partition coefficient (Wildman–Crippen LogP) is 5.62. The lowest BCUT2D eigenvalue weighted by atomic mass is 9.87. The number of aryl methyl sites for hydroxylation is 2. The average molecular weight is 454 g/mol. The number of benzene rings is 3. The third-order valence-corrected chi connectivity index (χ3v) is 6.28. The Hall–Kier alpha value is -2.66. The van der Waals surface area contributed by atoms with Gasteiger partial charge in [0.15, 0.2) is 11.4 Å². The number of hydrogen-bond acceptors (Lipinski definition) is 3. The molecule has 3 aromatic carbocycles. The van der Waals surface area contributed by atoms with Gasteiger partial charge in [-0.05, 0) is 49.2 Å². The fraction of sp³-hybridized carbons (Fsp3) is 0.200. The maximum absolute atomic E-state index is 13.4. The molecular formula is C25H21Cl2NO3. The molecule has 1 N–H and O–H groups in total. The molecule has 1 atom stereocenters. The summed E-state index contributed by atoms with van der Waals surface area (Å²) in [6.45, 7) is 3.90. The predicted molar refractivity (Wildman–Crippen MR) is 123 cm³/mol. The number of aliphatic hydroxyl groups is 1. The Balaban J connectivity index is 1.71. The summed E-state index contributed by atoms with van der Waals surface area (Å²) in [6, 6.07) is 17.6. The number of carbonyl (C=O) groups is 2. The maximum atomic E-state index is 13.4. The van der Waals surface area contributed by atoms with Gasteiger partial charge in [0.25, 0.3) is 5.91 Å². The second kappa shape index (κ2) is 8.12. The van der Waals surface area contributed by atoms with Crippen LogP contribution in [0.4, 0.5) is 5.69 Å². The molecule has 4 nitrogen and oxygen atoms in total. The first-order chi connectivity index (χ1) is 14.7. The number of Topliss-reactive ketones (excluding diaryl/α,β-unsaturated/α-hetero) is 1. The Labute approximate surface area is 191 Å². The molecule has 0 aliphatic carbocycles. The molecule has 0 saturated heterocycles. The molecule has 31 heavy (non-hydrogen) atoms. The lowest BCUT2D eigenvalue weighted by molar-refractivity contribution is -0.136. The number of amides is 1. The molecule has 0 bridgehead atoms. The zero-order valence-corrected chi connectivity index (χ0v) is 18.7. The zero-order chi connectivity index (χ0) is 22.3. The van der Waals surface area contributed by atoms with E-state index in [4.69, 9.17) is 23.2 Å². The molecule has 1 amide bonds. The van der Waals surface area contributed by atoms with Gasteiger partial charge in [0.1, 0.15) is 0 Å². The molecule has 1 aliphatic heterocycles. The molecule has 1 heterocycles. The Bertz CT molecular complexity index is 1210. The van der Waals surface area contributed by atoms with Crippen LogP contribution in [0.1, 0.15) is 39.0 Å². The number of nitrogens with zero attached hydrogens (tertiary/aromatic N) is 1. The molecule has 0 spiro atoms. The van der Waals surface area contributed by atoms with Gasteiger partial charge in [-0.3, -0.25) is 9.59 Å². The topological polar surface area (TPSA) is 57.6 Å². The molecule has 0 fully saturated rings. The summed E-state index contributed by atoms with van der Waals surface area (Å²) in [6.07, 6.45) is -0.335. The van der Waals surface area contributed by atoms with Crippen LogP contribution in [0.2, 0.25) is 10.0 Å². The van der Waals surface area contributed by atoms with E-state index in [-0.39, 0.29) is 18.7 Å². The summed E-state index contributed by atoms with van der Waals surface area (Å²) in [7, 11) is 0. The zero-order valence-electron chi connectivity index (χ0n) is 17.2. The molecule has 0 saturated carbocycles. The number of para-hydroxylation sites is 1. The Morgan fingerprint density at radius 2 is 1.77 bits per heavy atom. The molecule has 1 aliphatic rings. The third kappa shape index (κ3) is 3.87. The minimum absolute atomic E-state index is 0.159. The van der Waals surface area contributed by atoms with Crippen LogP contribution in [-0.2, 0) is 16.9 Å². The van der Waals surface area contributed by atoms with Gasteiger partial charge in [-0.1, -0.05) is 65.2 Å². The molecule has 6 heteroatoms. The first-order valence-electron chi connectivity index (χ1n) is 9.89. The number of fused-ring (bicyclic) bond motifs is 1. The van der Waals surface area contributed by atoms with E-state index in [9.17, 15) is 14.7 Å². The Morgan fingerprint density at radius 3 is 2.52 bits per heavy atom. The van der Waals surface area contributed by atoms with Crippen LogP contribution in [0, 0.1) is 13.8 Å². The maximum Gasteiger partial charge on any atom is 0.264 e. The van der Waals surface area contributed by atoms with Crippen molar-refractivity contribution in [1.29, 1.82) is 0 Å². The lowest BCUT2D eigenvalue weighted by Crippen LogP contribution is -2.41. The quantitative estimate of drug-likeness (QED) is 0.510. The number of ketones is 1. The van der Waals surface area contributed by atoms with Gasteiger partial charge in [0, 0.05) is 21.2 Å². The highest BCUT2D eigenvalue weighted by atomic mass is 35.5. The van der Waals surface area contributed by atoms with E-state index < -0.39 is 11.5 Å². The summed E-state index contributed by atoms with van der Waals surface area (Å²) < 4.78 is 0. The number of halogens is 2. The van der Waals surface area contributed by atoms with Gasteiger partial charge >= 0.3 is 0 Å². The van der Waals surface area contributed by atoms with Crippen molar-refractivity contribution < 1.29 is 14.7 Å². The largest absolute Gasteiger partial charge is 0.375 e. The summed E-state index contributed by atoms with van der Waals surface area (Å²) in [4.78, 5) is 28.0. The third-order valence-electron chi connectivity index (χ3n) is 5.69. The van der Waals surface area contributed by atoms with E-state index >= 15 is 0 Å². The number of carbonyl (C=O) groups excluding carboxylic acids is 2. The number of rotatable bonds is 5. The average Bonchev–Trinajstić information content (AvgIpc) is 2.93. The lowest BCUT2D eigenvalue weighted by Gasteiger charge is -2.23. The van der Waals surface area contributed by atoms with Gasteiger partial charge < -0.3 is 10.0 Å². The first-order valence-corrected chi connectivity index (χ1v) is 10.6. The highest BCUT2D eigenvalue weighted by Crippen LogP contribution is 2.44. The van der Waals surface area contributed by atoms with Crippen molar-refractivity contribution >= 4 is 40.6 Å². The van der Waals surface area contributed by atoms with Gasteiger partial charge in [0.2, 0.25) is 0 Å². The monoisotopic (exact) mass is 453 g/mol. The van der Waals surface area contributed by atoms with Crippen molar-refractivity contribution in [2.24, 2.45) is 0 Å². The second-order valence-corrected chi connectivity index (χ2v) is 8.77. The molecule has 0 radical (unpaired) electrons. The van der Waals surface area contributed by atoms with Crippen LogP contribution in [0.5, 0.6) is 0 Å². The van der Waals surface area contributed by atoms with Crippen molar-refractivity contribution in [3.63, 3.8) is 0 Å². The van der Waals surface area contributed by atoms with Crippen LogP contribution in [0.25, 0.3) is 0 Å². The summed E-state index contributed by atoms with van der Waals surface area (Å²) in [5.41, 5.74) is 2.00. The van der Waals surface area contributed by atoms with Crippen LogP contribution < -0.4 is 4.90 Å². The van der Waals surface area contributed by atoms with Crippen LogP contribution in [0.15, 0.2) is 60.7 Å². The first kappa shape index (κ1) is 21.6. The molecular weight excluding hydrogens is 433 g/mol. The highest BCUT2D eigenvalue weighted by molar-refractivity contribution is 6.35. The fourth-order valence-corrected chi connectivity index (χ4v) is 4.49. The summed E-state index contributed by atoms with van der Waals surface area (Å²) >= 11 is 12.3. The van der Waals surface area contributed by atoms with E-state index in [1.54, 1.807) is 48.5 Å². The Kier molecular flexibility index (Phi) is 5.65. The van der Waals surface area contributed by atoms with Crippen LogP contribution in [-0.4, -0.2) is 16.8 Å². The van der Waals surface area contributed by atoms with E-state index in [2.05, 4.69) is 0 Å². The molecule has 0 aromatic heterocycles. The second-order valence-electron chi connectivity index (χ2n) is 7.92. The fourth-order valence-electron chi connectivity index (χ4n) is 4.02. The minimum Gasteiger partial charge on any atom is -0.375 e. The van der Waals surface area contributed by atoms with Gasteiger partial charge in [-0.2, -0.15) is 0 Å². The Morgan fingerprint density at radius 1 is 1.03 bits per heavy atom. The standard InChI is InChI=1S/C25H21Cl2NO3/c1-15-7-8-16(2)19(11-15)23(29)13-25(31)20-5-3-4-6-22(20)28(24(25)30)14-17-9-10-18(26)12-21(17)27/h3-12,31H,13-14H2,1-2H3. The number of hydrogen-bond donors (Lipinski definition) is 1. The normalized spacial score (nSPS) is 17.7. The van der Waals surface area contributed by atoms with Crippen molar-refractivity contribution in [2.45, 2.75) is 32.4 Å². The van der Waals surface area contributed by atoms with Crippen molar-refractivity contribution in [1.82, 2.24) is 0 Å².